The molecule has 150 valence electrons. The molecule has 1 aliphatic rings. The maximum absolute atomic E-state index is 11.4. The first kappa shape index (κ1) is 22.0. The van der Waals surface area contributed by atoms with Gasteiger partial charge in [-0.3, -0.25) is 4.79 Å². The van der Waals surface area contributed by atoms with Gasteiger partial charge in [0.1, 0.15) is 0 Å². The van der Waals surface area contributed by atoms with Crippen molar-refractivity contribution in [1.29, 1.82) is 0 Å². The Kier molecular flexibility index (Phi) is 8.58. The first-order chi connectivity index (χ1) is 13.4. The van der Waals surface area contributed by atoms with Crippen molar-refractivity contribution < 1.29 is 9.53 Å². The molecular weight excluding hydrogens is 344 g/mol. The van der Waals surface area contributed by atoms with Crippen molar-refractivity contribution in [2.24, 2.45) is 5.41 Å². The summed E-state index contributed by atoms with van der Waals surface area (Å²) >= 11 is 0. The highest BCUT2D eigenvalue weighted by molar-refractivity contribution is 5.69. The Hall–Kier alpha value is -2.27. The molecule has 0 bridgehead atoms. The normalized spacial score (nSPS) is 16.0. The Morgan fingerprint density at radius 3 is 2.86 bits per heavy atom. The van der Waals surface area contributed by atoms with Crippen molar-refractivity contribution >= 4 is 5.97 Å². The summed E-state index contributed by atoms with van der Waals surface area (Å²) in [5.41, 5.74) is 5.51. The minimum absolute atomic E-state index is 0.0969. The molecule has 0 atom stereocenters. The van der Waals surface area contributed by atoms with Gasteiger partial charge in [0.25, 0.3) is 0 Å². The summed E-state index contributed by atoms with van der Waals surface area (Å²) in [6.07, 6.45) is 11.3. The second-order valence-corrected chi connectivity index (χ2v) is 8.25. The van der Waals surface area contributed by atoms with E-state index in [2.05, 4.69) is 63.0 Å². The van der Waals surface area contributed by atoms with E-state index in [0.717, 1.165) is 24.8 Å². The summed E-state index contributed by atoms with van der Waals surface area (Å²) in [4.78, 5) is 11.4. The molecule has 1 aromatic carbocycles. The third kappa shape index (κ3) is 7.04. The van der Waals surface area contributed by atoms with E-state index in [-0.39, 0.29) is 11.4 Å². The monoisotopic (exact) mass is 378 g/mol. The van der Waals surface area contributed by atoms with E-state index >= 15 is 0 Å². The van der Waals surface area contributed by atoms with Crippen LogP contribution in [0.3, 0.4) is 0 Å². The third-order valence-corrected chi connectivity index (χ3v) is 5.42. The number of rotatable bonds is 7. The summed E-state index contributed by atoms with van der Waals surface area (Å²) in [5, 5.41) is 0. The first-order valence-corrected chi connectivity index (χ1v) is 10.6. The van der Waals surface area contributed by atoms with E-state index in [0.29, 0.717) is 13.0 Å². The molecule has 0 saturated heterocycles. The second kappa shape index (κ2) is 10.9. The lowest BCUT2D eigenvalue weighted by molar-refractivity contribution is -0.143. The molecule has 0 heterocycles. The number of hydrogen-bond donors (Lipinski definition) is 0. The average molecular weight is 379 g/mol. The Morgan fingerprint density at radius 2 is 2.11 bits per heavy atom. The molecule has 0 aromatic heterocycles. The van der Waals surface area contributed by atoms with Crippen LogP contribution in [0.5, 0.6) is 0 Å². The molecule has 0 unspecified atom stereocenters. The fourth-order valence-corrected chi connectivity index (χ4v) is 3.90. The van der Waals surface area contributed by atoms with Gasteiger partial charge in [-0.2, -0.15) is 0 Å². The number of ether oxygens (including phenoxy) is 1. The number of unbranched alkanes of at least 4 members (excludes halogenated alkanes) is 1. The summed E-state index contributed by atoms with van der Waals surface area (Å²) in [7, 11) is 0. The Bertz CT molecular complexity index is 784. The third-order valence-electron chi connectivity index (χ3n) is 5.42. The Balaban J connectivity index is 1.90. The highest BCUT2D eigenvalue weighted by Crippen LogP contribution is 2.40. The van der Waals surface area contributed by atoms with Crippen LogP contribution in [0.25, 0.3) is 0 Å². The lowest BCUT2D eigenvalue weighted by Gasteiger charge is -2.32. The topological polar surface area (TPSA) is 26.3 Å². The number of benzene rings is 1. The number of hydrogen-bond acceptors (Lipinski definition) is 2. The van der Waals surface area contributed by atoms with E-state index in [9.17, 15) is 4.79 Å². The minimum Gasteiger partial charge on any atom is -0.466 e. The van der Waals surface area contributed by atoms with Crippen LogP contribution in [0.4, 0.5) is 0 Å². The SMILES string of the molecule is CCOC(=O)CCCCc1cccc(C#CC=CC2=C(C)CCCC2(C)C)c1. The fourth-order valence-electron chi connectivity index (χ4n) is 3.90. The van der Waals surface area contributed by atoms with Gasteiger partial charge < -0.3 is 4.74 Å². The maximum atomic E-state index is 11.4. The van der Waals surface area contributed by atoms with E-state index in [1.54, 1.807) is 0 Å². The number of aryl methyl sites for hydroxylation is 1. The van der Waals surface area contributed by atoms with Crippen LogP contribution in [0.15, 0.2) is 47.6 Å². The van der Waals surface area contributed by atoms with Gasteiger partial charge in [-0.15, -0.1) is 0 Å². The molecule has 0 amide bonds. The Labute approximate surface area is 171 Å². The molecule has 1 aliphatic carbocycles. The molecule has 0 saturated carbocycles. The van der Waals surface area contributed by atoms with Gasteiger partial charge in [0.2, 0.25) is 0 Å². The van der Waals surface area contributed by atoms with Gasteiger partial charge in [0, 0.05) is 12.0 Å². The zero-order chi connectivity index (χ0) is 20.4. The maximum Gasteiger partial charge on any atom is 0.305 e. The summed E-state index contributed by atoms with van der Waals surface area (Å²) in [6.45, 7) is 9.21. The van der Waals surface area contributed by atoms with Crippen molar-refractivity contribution in [3.63, 3.8) is 0 Å². The van der Waals surface area contributed by atoms with Crippen LogP contribution in [0.1, 0.15) is 77.3 Å². The zero-order valence-electron chi connectivity index (χ0n) is 17.9. The number of carbonyl (C=O) groups is 1. The predicted octanol–water partition coefficient (Wildman–Crippen LogP) is 6.40. The van der Waals surface area contributed by atoms with Gasteiger partial charge in [-0.1, -0.05) is 49.5 Å². The smallest absolute Gasteiger partial charge is 0.305 e. The van der Waals surface area contributed by atoms with Crippen molar-refractivity contribution in [3.05, 3.63) is 58.7 Å². The minimum atomic E-state index is -0.0969. The van der Waals surface area contributed by atoms with Gasteiger partial charge >= 0.3 is 5.97 Å². The molecule has 1 aromatic rings. The van der Waals surface area contributed by atoms with E-state index in [1.807, 2.05) is 13.0 Å². The molecule has 0 aliphatic heterocycles. The quantitative estimate of drug-likeness (QED) is 0.312. The van der Waals surface area contributed by atoms with Crippen molar-refractivity contribution in [2.45, 2.75) is 72.6 Å². The summed E-state index contributed by atoms with van der Waals surface area (Å²) in [6, 6.07) is 8.40. The Morgan fingerprint density at radius 1 is 1.29 bits per heavy atom. The van der Waals surface area contributed by atoms with Crippen LogP contribution in [-0.2, 0) is 16.0 Å². The molecule has 0 radical (unpaired) electrons. The molecule has 0 N–H and O–H groups in total. The lowest BCUT2D eigenvalue weighted by Crippen LogP contribution is -2.18. The largest absolute Gasteiger partial charge is 0.466 e. The lowest BCUT2D eigenvalue weighted by atomic mass is 9.73. The van der Waals surface area contributed by atoms with Crippen LogP contribution in [0, 0.1) is 17.3 Å². The van der Waals surface area contributed by atoms with Crippen LogP contribution >= 0.6 is 0 Å². The molecule has 2 rings (SSSR count). The van der Waals surface area contributed by atoms with E-state index in [4.69, 9.17) is 4.74 Å². The standard InChI is InChI=1S/C26H34O2/c1-5-28-25(27)18-9-7-14-23-16-10-15-22(20-23)13-6-8-17-24-21(2)12-11-19-26(24,3)4/h8,10,15-17,20H,5,7,9,11-12,14,18-19H2,1-4H3. The predicted molar refractivity (Wildman–Crippen MR) is 117 cm³/mol. The molecule has 2 nitrogen and oxygen atoms in total. The van der Waals surface area contributed by atoms with Crippen LogP contribution in [0.2, 0.25) is 0 Å². The van der Waals surface area contributed by atoms with Crippen LogP contribution in [-0.4, -0.2) is 12.6 Å². The summed E-state index contributed by atoms with van der Waals surface area (Å²) in [5.74, 6) is 6.37. The molecular formula is C26H34O2. The molecule has 0 spiro atoms. The summed E-state index contributed by atoms with van der Waals surface area (Å²) < 4.78 is 4.96. The number of carbonyl (C=O) groups excluding carboxylic acids is 1. The fraction of sp³-hybridized carbons (Fsp3) is 0.500. The van der Waals surface area contributed by atoms with Gasteiger partial charge in [0.15, 0.2) is 0 Å². The van der Waals surface area contributed by atoms with E-state index in [1.165, 1.54) is 36.0 Å². The van der Waals surface area contributed by atoms with Gasteiger partial charge in [-0.25, -0.2) is 0 Å². The van der Waals surface area contributed by atoms with Crippen molar-refractivity contribution in [2.75, 3.05) is 6.61 Å². The van der Waals surface area contributed by atoms with Crippen LogP contribution < -0.4 is 0 Å². The first-order valence-electron chi connectivity index (χ1n) is 10.6. The number of allylic oxidation sites excluding steroid dienone is 4. The van der Waals surface area contributed by atoms with E-state index < -0.39 is 0 Å². The van der Waals surface area contributed by atoms with Crippen molar-refractivity contribution in [1.82, 2.24) is 0 Å². The highest BCUT2D eigenvalue weighted by atomic mass is 16.5. The van der Waals surface area contributed by atoms with Gasteiger partial charge in [0.05, 0.1) is 6.61 Å². The van der Waals surface area contributed by atoms with Crippen molar-refractivity contribution in [3.8, 4) is 11.8 Å². The second-order valence-electron chi connectivity index (χ2n) is 8.25. The molecule has 2 heteroatoms. The highest BCUT2D eigenvalue weighted by Gasteiger charge is 2.26. The average Bonchev–Trinajstić information content (AvgIpc) is 2.64. The zero-order valence-corrected chi connectivity index (χ0v) is 17.9. The molecule has 0 fully saturated rings. The van der Waals surface area contributed by atoms with Gasteiger partial charge in [-0.05, 0) is 87.1 Å². The number of esters is 1. The molecule has 28 heavy (non-hydrogen) atoms.